The van der Waals surface area contributed by atoms with Gasteiger partial charge in [-0.25, -0.2) is 4.98 Å². The Balaban J connectivity index is 1.98. The molecule has 3 nitrogen and oxygen atoms in total. The van der Waals surface area contributed by atoms with Crippen molar-refractivity contribution in [2.75, 3.05) is 13.1 Å². The predicted octanol–water partition coefficient (Wildman–Crippen LogP) is 3.31. The molecular formula is C14H16BrN3. The standard InChI is InChI=1S/C14H16BrN3/c15-12-4-2-1-3-11(12)14-13(17-9-18-14)10-5-7-16-8-6-10/h1-4,9-10,16H,5-8H2,(H,17,18). The zero-order chi connectivity index (χ0) is 12.4. The first-order valence-corrected chi connectivity index (χ1v) is 7.14. The summed E-state index contributed by atoms with van der Waals surface area (Å²) in [4.78, 5) is 7.86. The number of rotatable bonds is 2. The minimum absolute atomic E-state index is 0.593. The lowest BCUT2D eigenvalue weighted by molar-refractivity contribution is 0.455. The molecule has 2 N–H and O–H groups in total. The van der Waals surface area contributed by atoms with Crippen molar-refractivity contribution in [3.05, 3.63) is 40.8 Å². The molecule has 0 unspecified atom stereocenters. The molecule has 0 amide bonds. The fraction of sp³-hybridized carbons (Fsp3) is 0.357. The molecule has 1 aliphatic heterocycles. The minimum Gasteiger partial charge on any atom is -0.348 e. The summed E-state index contributed by atoms with van der Waals surface area (Å²) in [5.74, 6) is 0.593. The monoisotopic (exact) mass is 305 g/mol. The van der Waals surface area contributed by atoms with Crippen LogP contribution in [0.5, 0.6) is 0 Å². The molecule has 1 aliphatic rings. The first-order chi connectivity index (χ1) is 8.86. The molecule has 1 aromatic heterocycles. The molecule has 2 aromatic rings. The molecule has 0 aliphatic carbocycles. The van der Waals surface area contributed by atoms with Crippen LogP contribution in [0.3, 0.4) is 0 Å². The minimum atomic E-state index is 0.593. The number of hydrogen-bond acceptors (Lipinski definition) is 2. The third kappa shape index (κ3) is 2.22. The van der Waals surface area contributed by atoms with Crippen LogP contribution in [0.4, 0.5) is 0 Å². The van der Waals surface area contributed by atoms with E-state index in [0.29, 0.717) is 5.92 Å². The van der Waals surface area contributed by atoms with Crippen LogP contribution < -0.4 is 5.32 Å². The van der Waals surface area contributed by atoms with E-state index < -0.39 is 0 Å². The molecule has 94 valence electrons. The van der Waals surface area contributed by atoms with Crippen molar-refractivity contribution in [1.82, 2.24) is 15.3 Å². The van der Waals surface area contributed by atoms with Gasteiger partial charge in [0.25, 0.3) is 0 Å². The summed E-state index contributed by atoms with van der Waals surface area (Å²) in [6, 6.07) is 8.27. The summed E-state index contributed by atoms with van der Waals surface area (Å²) in [5.41, 5.74) is 3.55. The van der Waals surface area contributed by atoms with Crippen LogP contribution >= 0.6 is 15.9 Å². The molecule has 1 aromatic carbocycles. The number of aromatic amines is 1. The van der Waals surface area contributed by atoms with Crippen LogP contribution in [0, 0.1) is 0 Å². The molecule has 3 rings (SSSR count). The number of piperidine rings is 1. The number of H-pyrrole nitrogens is 1. The highest BCUT2D eigenvalue weighted by molar-refractivity contribution is 9.10. The summed E-state index contributed by atoms with van der Waals surface area (Å²) < 4.78 is 1.10. The highest BCUT2D eigenvalue weighted by Gasteiger charge is 2.21. The smallest absolute Gasteiger partial charge is 0.0929 e. The van der Waals surface area contributed by atoms with Gasteiger partial charge in [-0.2, -0.15) is 0 Å². The quantitative estimate of drug-likeness (QED) is 0.894. The van der Waals surface area contributed by atoms with Gasteiger partial charge < -0.3 is 10.3 Å². The Labute approximate surface area is 115 Å². The predicted molar refractivity (Wildman–Crippen MR) is 76.6 cm³/mol. The highest BCUT2D eigenvalue weighted by atomic mass is 79.9. The van der Waals surface area contributed by atoms with E-state index in [9.17, 15) is 0 Å². The third-order valence-corrected chi connectivity index (χ3v) is 4.24. The van der Waals surface area contributed by atoms with E-state index >= 15 is 0 Å². The van der Waals surface area contributed by atoms with Gasteiger partial charge in [0.1, 0.15) is 0 Å². The van der Waals surface area contributed by atoms with Gasteiger partial charge in [-0.15, -0.1) is 0 Å². The van der Waals surface area contributed by atoms with Gasteiger partial charge in [0.2, 0.25) is 0 Å². The molecule has 0 radical (unpaired) electrons. The fourth-order valence-corrected chi connectivity index (χ4v) is 3.07. The van der Waals surface area contributed by atoms with E-state index in [-0.39, 0.29) is 0 Å². The molecule has 0 spiro atoms. The molecule has 2 heterocycles. The molecule has 0 atom stereocenters. The zero-order valence-electron chi connectivity index (χ0n) is 10.1. The van der Waals surface area contributed by atoms with Gasteiger partial charge in [0.05, 0.1) is 12.0 Å². The zero-order valence-corrected chi connectivity index (χ0v) is 11.7. The fourth-order valence-electron chi connectivity index (χ4n) is 2.59. The van der Waals surface area contributed by atoms with Crippen LogP contribution in [0.15, 0.2) is 35.1 Å². The van der Waals surface area contributed by atoms with Crippen LogP contribution in [0.25, 0.3) is 11.3 Å². The molecule has 1 fully saturated rings. The summed E-state index contributed by atoms with van der Waals surface area (Å²) in [7, 11) is 0. The first-order valence-electron chi connectivity index (χ1n) is 6.35. The average molecular weight is 306 g/mol. The highest BCUT2D eigenvalue weighted by Crippen LogP contribution is 2.34. The lowest BCUT2D eigenvalue weighted by atomic mass is 9.92. The van der Waals surface area contributed by atoms with Crippen molar-refractivity contribution in [3.63, 3.8) is 0 Å². The van der Waals surface area contributed by atoms with E-state index in [2.05, 4.69) is 49.4 Å². The maximum absolute atomic E-state index is 4.52. The maximum Gasteiger partial charge on any atom is 0.0929 e. The van der Waals surface area contributed by atoms with E-state index in [4.69, 9.17) is 0 Å². The van der Waals surface area contributed by atoms with Crippen LogP contribution in [0.2, 0.25) is 0 Å². The van der Waals surface area contributed by atoms with Crippen molar-refractivity contribution < 1.29 is 0 Å². The Morgan fingerprint density at radius 3 is 2.72 bits per heavy atom. The van der Waals surface area contributed by atoms with Crippen LogP contribution in [-0.4, -0.2) is 23.1 Å². The largest absolute Gasteiger partial charge is 0.348 e. The first kappa shape index (κ1) is 11.9. The number of nitrogens with zero attached hydrogens (tertiary/aromatic N) is 1. The van der Waals surface area contributed by atoms with E-state index in [1.165, 1.54) is 24.1 Å². The molecular weight excluding hydrogens is 290 g/mol. The van der Waals surface area contributed by atoms with E-state index in [0.717, 1.165) is 23.3 Å². The number of halogens is 1. The average Bonchev–Trinajstić information content (AvgIpc) is 2.89. The Morgan fingerprint density at radius 1 is 1.17 bits per heavy atom. The molecule has 18 heavy (non-hydrogen) atoms. The second-order valence-electron chi connectivity index (χ2n) is 4.67. The topological polar surface area (TPSA) is 40.7 Å². The second kappa shape index (κ2) is 5.24. The van der Waals surface area contributed by atoms with Gasteiger partial charge >= 0.3 is 0 Å². The number of aromatic nitrogens is 2. The Bertz CT molecular complexity index is 529. The Kier molecular flexibility index (Phi) is 3.48. The van der Waals surface area contributed by atoms with Crippen molar-refractivity contribution in [3.8, 4) is 11.3 Å². The van der Waals surface area contributed by atoms with E-state index in [1.807, 2.05) is 12.4 Å². The summed E-state index contributed by atoms with van der Waals surface area (Å²) in [6.07, 6.45) is 4.17. The summed E-state index contributed by atoms with van der Waals surface area (Å²) in [5, 5.41) is 3.40. The van der Waals surface area contributed by atoms with Crippen molar-refractivity contribution in [2.24, 2.45) is 0 Å². The lowest BCUT2D eigenvalue weighted by Crippen LogP contribution is -2.27. The van der Waals surface area contributed by atoms with Crippen molar-refractivity contribution >= 4 is 15.9 Å². The number of benzene rings is 1. The molecule has 0 saturated carbocycles. The summed E-state index contributed by atoms with van der Waals surface area (Å²) >= 11 is 3.61. The molecule has 4 heteroatoms. The number of hydrogen-bond donors (Lipinski definition) is 2. The maximum atomic E-state index is 4.52. The van der Waals surface area contributed by atoms with Crippen LogP contribution in [-0.2, 0) is 0 Å². The van der Waals surface area contributed by atoms with Crippen molar-refractivity contribution in [1.29, 1.82) is 0 Å². The van der Waals surface area contributed by atoms with Gasteiger partial charge in [0, 0.05) is 21.6 Å². The normalized spacial score (nSPS) is 16.9. The SMILES string of the molecule is Brc1ccccc1-c1nc[nH]c1C1CCNCC1. The number of nitrogens with one attached hydrogen (secondary N) is 2. The number of imidazole rings is 1. The van der Waals surface area contributed by atoms with Crippen molar-refractivity contribution in [2.45, 2.75) is 18.8 Å². The summed E-state index contributed by atoms with van der Waals surface area (Å²) in [6.45, 7) is 2.19. The Hall–Kier alpha value is -1.13. The van der Waals surface area contributed by atoms with Gasteiger partial charge in [-0.3, -0.25) is 0 Å². The van der Waals surface area contributed by atoms with Gasteiger partial charge in [0.15, 0.2) is 0 Å². The van der Waals surface area contributed by atoms with Gasteiger partial charge in [-0.05, 0) is 32.0 Å². The molecule has 0 bridgehead atoms. The van der Waals surface area contributed by atoms with Crippen LogP contribution in [0.1, 0.15) is 24.5 Å². The van der Waals surface area contributed by atoms with E-state index in [1.54, 1.807) is 0 Å². The lowest BCUT2D eigenvalue weighted by Gasteiger charge is -2.22. The van der Waals surface area contributed by atoms with Gasteiger partial charge in [-0.1, -0.05) is 34.1 Å². The molecule has 1 saturated heterocycles. The third-order valence-electron chi connectivity index (χ3n) is 3.55. The second-order valence-corrected chi connectivity index (χ2v) is 5.52. The Morgan fingerprint density at radius 2 is 1.94 bits per heavy atom.